The number of benzene rings is 3. The Morgan fingerprint density at radius 3 is 2.31 bits per heavy atom. The van der Waals surface area contributed by atoms with E-state index in [1.165, 1.54) is 11.8 Å². The predicted molar refractivity (Wildman–Crippen MR) is 125 cm³/mol. The zero-order valence-electron chi connectivity index (χ0n) is 17.6. The van der Waals surface area contributed by atoms with Crippen molar-refractivity contribution in [2.45, 2.75) is 19.4 Å². The van der Waals surface area contributed by atoms with Gasteiger partial charge in [-0.05, 0) is 59.9 Å². The first kappa shape index (κ1) is 21.1. The third kappa shape index (κ3) is 5.52. The molecule has 4 aromatic rings. The average molecular weight is 425 g/mol. The van der Waals surface area contributed by atoms with Crippen LogP contribution >= 0.6 is 0 Å². The van der Waals surface area contributed by atoms with E-state index < -0.39 is 0 Å². The van der Waals surface area contributed by atoms with Gasteiger partial charge in [0.1, 0.15) is 0 Å². The number of amides is 2. The number of aryl methyl sites for hydroxylation is 2. The minimum atomic E-state index is -0.316. The standard InChI is InChI=1S/C27H24N2O3/c30-26(24-13-5-4-11-22(24)16-15-20-8-2-1-3-9-20)28-19-21-10-6-12-23(18-21)29-27(31)25-14-7-17-32-25/h1-14,17-18H,15-16,19H2,(H,28,30)(H,29,31). The van der Waals surface area contributed by atoms with E-state index in [0.717, 1.165) is 24.0 Å². The van der Waals surface area contributed by atoms with Crippen molar-refractivity contribution in [2.75, 3.05) is 5.32 Å². The van der Waals surface area contributed by atoms with Gasteiger partial charge in [-0.25, -0.2) is 0 Å². The monoisotopic (exact) mass is 424 g/mol. The molecule has 32 heavy (non-hydrogen) atoms. The van der Waals surface area contributed by atoms with Gasteiger partial charge in [0, 0.05) is 17.8 Å². The number of rotatable bonds is 8. The highest BCUT2D eigenvalue weighted by atomic mass is 16.3. The molecule has 0 saturated heterocycles. The third-order valence-electron chi connectivity index (χ3n) is 5.17. The molecule has 5 heteroatoms. The molecule has 0 spiro atoms. The molecule has 3 aromatic carbocycles. The van der Waals surface area contributed by atoms with Crippen molar-refractivity contribution < 1.29 is 14.0 Å². The predicted octanol–water partition coefficient (Wildman–Crippen LogP) is 5.25. The first-order chi connectivity index (χ1) is 15.7. The highest BCUT2D eigenvalue weighted by Gasteiger charge is 2.12. The maximum Gasteiger partial charge on any atom is 0.291 e. The van der Waals surface area contributed by atoms with Gasteiger partial charge >= 0.3 is 0 Å². The molecule has 0 aliphatic carbocycles. The van der Waals surface area contributed by atoms with E-state index >= 15 is 0 Å². The summed E-state index contributed by atoms with van der Waals surface area (Å²) in [5.41, 5.74) is 4.48. The van der Waals surface area contributed by atoms with Crippen LogP contribution in [0.1, 0.15) is 37.6 Å². The van der Waals surface area contributed by atoms with Gasteiger partial charge < -0.3 is 15.1 Å². The molecule has 1 aromatic heterocycles. The molecular weight excluding hydrogens is 400 g/mol. The molecule has 0 bridgehead atoms. The minimum Gasteiger partial charge on any atom is -0.459 e. The summed E-state index contributed by atoms with van der Waals surface area (Å²) in [6.45, 7) is 0.357. The highest BCUT2D eigenvalue weighted by molar-refractivity contribution is 6.02. The Labute approximate surface area is 187 Å². The number of carbonyl (C=O) groups is 2. The smallest absolute Gasteiger partial charge is 0.291 e. The molecule has 160 valence electrons. The summed E-state index contributed by atoms with van der Waals surface area (Å²) in [6.07, 6.45) is 3.13. The van der Waals surface area contributed by atoms with Gasteiger partial charge in [-0.1, -0.05) is 60.7 Å². The van der Waals surface area contributed by atoms with Crippen molar-refractivity contribution >= 4 is 17.5 Å². The van der Waals surface area contributed by atoms with Gasteiger partial charge in [0.25, 0.3) is 11.8 Å². The van der Waals surface area contributed by atoms with E-state index in [9.17, 15) is 9.59 Å². The summed E-state index contributed by atoms with van der Waals surface area (Å²) in [7, 11) is 0. The van der Waals surface area contributed by atoms with Crippen molar-refractivity contribution in [2.24, 2.45) is 0 Å². The molecule has 0 fully saturated rings. The lowest BCUT2D eigenvalue weighted by atomic mass is 9.99. The van der Waals surface area contributed by atoms with E-state index in [0.29, 0.717) is 17.8 Å². The summed E-state index contributed by atoms with van der Waals surface area (Å²) in [5, 5.41) is 5.79. The van der Waals surface area contributed by atoms with Crippen molar-refractivity contribution in [3.05, 3.63) is 125 Å². The average Bonchev–Trinajstić information content (AvgIpc) is 3.38. The summed E-state index contributed by atoms with van der Waals surface area (Å²) < 4.78 is 5.12. The minimum absolute atomic E-state index is 0.112. The molecule has 0 unspecified atom stereocenters. The van der Waals surface area contributed by atoms with Crippen molar-refractivity contribution in [3.63, 3.8) is 0 Å². The second-order valence-electron chi connectivity index (χ2n) is 7.46. The van der Waals surface area contributed by atoms with Crippen LogP contribution < -0.4 is 10.6 Å². The van der Waals surface area contributed by atoms with Crippen molar-refractivity contribution in [1.29, 1.82) is 0 Å². The molecular formula is C27H24N2O3. The lowest BCUT2D eigenvalue weighted by molar-refractivity contribution is 0.0948. The van der Waals surface area contributed by atoms with E-state index in [4.69, 9.17) is 4.42 Å². The first-order valence-corrected chi connectivity index (χ1v) is 10.5. The third-order valence-corrected chi connectivity index (χ3v) is 5.17. The van der Waals surface area contributed by atoms with E-state index in [2.05, 4.69) is 22.8 Å². The van der Waals surface area contributed by atoms with Crippen molar-refractivity contribution in [1.82, 2.24) is 5.32 Å². The second-order valence-corrected chi connectivity index (χ2v) is 7.46. The molecule has 2 N–H and O–H groups in total. The summed E-state index contributed by atoms with van der Waals surface area (Å²) >= 11 is 0. The Morgan fingerprint density at radius 2 is 1.50 bits per heavy atom. The molecule has 0 aliphatic rings. The Balaban J connectivity index is 1.37. The lowest BCUT2D eigenvalue weighted by Gasteiger charge is -2.11. The van der Waals surface area contributed by atoms with Gasteiger partial charge in [-0.2, -0.15) is 0 Å². The fourth-order valence-electron chi connectivity index (χ4n) is 3.52. The van der Waals surface area contributed by atoms with E-state index in [-0.39, 0.29) is 17.6 Å². The summed E-state index contributed by atoms with van der Waals surface area (Å²) in [6, 6.07) is 28.6. The Kier molecular flexibility index (Phi) is 6.78. The molecule has 2 amide bonds. The van der Waals surface area contributed by atoms with Crippen LogP contribution in [0.2, 0.25) is 0 Å². The van der Waals surface area contributed by atoms with Gasteiger partial charge in [-0.3, -0.25) is 9.59 Å². The fraction of sp³-hybridized carbons (Fsp3) is 0.111. The first-order valence-electron chi connectivity index (χ1n) is 10.5. The van der Waals surface area contributed by atoms with Crippen LogP contribution in [0.3, 0.4) is 0 Å². The number of hydrogen-bond acceptors (Lipinski definition) is 3. The summed E-state index contributed by atoms with van der Waals surface area (Å²) in [5.74, 6) is -0.182. The van der Waals surface area contributed by atoms with Crippen LogP contribution in [0.4, 0.5) is 5.69 Å². The topological polar surface area (TPSA) is 71.3 Å². The van der Waals surface area contributed by atoms with Crippen molar-refractivity contribution in [3.8, 4) is 0 Å². The Morgan fingerprint density at radius 1 is 0.719 bits per heavy atom. The maximum atomic E-state index is 12.9. The zero-order chi connectivity index (χ0) is 22.2. The lowest BCUT2D eigenvalue weighted by Crippen LogP contribution is -2.24. The molecule has 1 heterocycles. The Bertz CT molecular complexity index is 1180. The van der Waals surface area contributed by atoms with Crippen LogP contribution in [0.5, 0.6) is 0 Å². The number of nitrogens with one attached hydrogen (secondary N) is 2. The quantitative estimate of drug-likeness (QED) is 0.406. The number of anilines is 1. The highest BCUT2D eigenvalue weighted by Crippen LogP contribution is 2.15. The van der Waals surface area contributed by atoms with Gasteiger partial charge in [-0.15, -0.1) is 0 Å². The number of carbonyl (C=O) groups excluding carboxylic acids is 2. The molecule has 4 rings (SSSR count). The van der Waals surface area contributed by atoms with Gasteiger partial charge in [0.15, 0.2) is 5.76 Å². The van der Waals surface area contributed by atoms with Gasteiger partial charge in [0.2, 0.25) is 0 Å². The number of hydrogen-bond donors (Lipinski definition) is 2. The van der Waals surface area contributed by atoms with Gasteiger partial charge in [0.05, 0.1) is 6.26 Å². The molecule has 5 nitrogen and oxygen atoms in total. The number of furan rings is 1. The zero-order valence-corrected chi connectivity index (χ0v) is 17.6. The van der Waals surface area contributed by atoms with Crippen LogP contribution in [0.25, 0.3) is 0 Å². The van der Waals surface area contributed by atoms with Crippen LogP contribution in [-0.4, -0.2) is 11.8 Å². The second kappa shape index (κ2) is 10.3. The van der Waals surface area contributed by atoms with E-state index in [1.54, 1.807) is 18.2 Å². The molecule has 0 radical (unpaired) electrons. The summed E-state index contributed by atoms with van der Waals surface area (Å²) in [4.78, 5) is 25.0. The Hall–Kier alpha value is -4.12. The molecule has 0 atom stereocenters. The van der Waals surface area contributed by atoms with E-state index in [1.807, 2.05) is 60.7 Å². The SMILES string of the molecule is O=C(Nc1cccc(CNC(=O)c2ccccc2CCc2ccccc2)c1)c1ccco1. The van der Waals surface area contributed by atoms with Crippen LogP contribution in [0, 0.1) is 0 Å². The molecule has 0 saturated carbocycles. The molecule has 0 aliphatic heterocycles. The largest absolute Gasteiger partial charge is 0.459 e. The normalized spacial score (nSPS) is 10.5. The van der Waals surface area contributed by atoms with Crippen LogP contribution in [-0.2, 0) is 19.4 Å². The fourth-order valence-corrected chi connectivity index (χ4v) is 3.52. The van der Waals surface area contributed by atoms with Crippen LogP contribution in [0.15, 0.2) is 102 Å². The maximum absolute atomic E-state index is 12.9.